The van der Waals surface area contributed by atoms with Crippen LogP contribution in [0.5, 0.6) is 5.75 Å². The number of halogens is 2. The Morgan fingerprint density at radius 2 is 2.47 bits per heavy atom. The van der Waals surface area contributed by atoms with Crippen molar-refractivity contribution in [2.24, 2.45) is 5.92 Å². The second-order valence-corrected chi connectivity index (χ2v) is 5.37. The monoisotopic (exact) mass is 290 g/mol. The lowest BCUT2D eigenvalue weighted by atomic mass is 9.94. The first-order valence-corrected chi connectivity index (χ1v) is 6.91. The van der Waals surface area contributed by atoms with Crippen molar-refractivity contribution in [3.05, 3.63) is 16.3 Å². The number of hydrogen-bond acceptors (Lipinski definition) is 4. The number of amides is 1. The van der Waals surface area contributed by atoms with Crippen LogP contribution in [0.3, 0.4) is 0 Å². The average molecular weight is 290 g/mol. The Balaban J connectivity index is 1.93. The molecule has 2 rings (SSSR count). The van der Waals surface area contributed by atoms with E-state index >= 15 is 0 Å². The minimum atomic E-state index is -2.77. The van der Waals surface area contributed by atoms with Gasteiger partial charge in [-0.3, -0.25) is 4.79 Å². The Hall–Kier alpha value is -1.21. The maximum atomic E-state index is 13.6. The van der Waals surface area contributed by atoms with Crippen molar-refractivity contribution in [2.45, 2.75) is 12.3 Å². The average Bonchev–Trinajstić information content (AvgIpc) is 2.85. The molecule has 0 bridgehead atoms. The number of rotatable bonds is 4. The zero-order chi connectivity index (χ0) is 13.9. The summed E-state index contributed by atoms with van der Waals surface area (Å²) in [4.78, 5) is 12.3. The highest BCUT2D eigenvalue weighted by atomic mass is 32.1. The van der Waals surface area contributed by atoms with E-state index in [0.29, 0.717) is 23.6 Å². The second-order valence-electron chi connectivity index (χ2n) is 4.45. The molecule has 0 aliphatic carbocycles. The van der Waals surface area contributed by atoms with Gasteiger partial charge in [-0.15, -0.1) is 11.3 Å². The van der Waals surface area contributed by atoms with Crippen LogP contribution in [0, 0.1) is 5.92 Å². The summed E-state index contributed by atoms with van der Waals surface area (Å²) in [7, 11) is 1.47. The Bertz CT molecular complexity index is 451. The highest BCUT2D eigenvalue weighted by Gasteiger charge is 2.41. The molecule has 1 unspecified atom stereocenters. The fourth-order valence-electron chi connectivity index (χ4n) is 2.06. The highest BCUT2D eigenvalue weighted by molar-refractivity contribution is 7.12. The molecule has 19 heavy (non-hydrogen) atoms. The highest BCUT2D eigenvalue weighted by Crippen LogP contribution is 2.29. The Morgan fingerprint density at radius 1 is 1.68 bits per heavy atom. The van der Waals surface area contributed by atoms with Crippen molar-refractivity contribution in [2.75, 3.05) is 26.7 Å². The molecule has 1 aromatic rings. The van der Waals surface area contributed by atoms with E-state index in [0.717, 1.165) is 0 Å². The molecule has 1 fully saturated rings. The van der Waals surface area contributed by atoms with Crippen molar-refractivity contribution < 1.29 is 18.3 Å². The molecule has 1 aromatic heterocycles. The van der Waals surface area contributed by atoms with Crippen molar-refractivity contribution >= 4 is 17.2 Å². The third-order valence-corrected chi connectivity index (χ3v) is 4.09. The Labute approximate surface area is 114 Å². The van der Waals surface area contributed by atoms with Gasteiger partial charge in [-0.1, -0.05) is 0 Å². The summed E-state index contributed by atoms with van der Waals surface area (Å²) in [6.07, 6.45) is 0.356. The van der Waals surface area contributed by atoms with Gasteiger partial charge in [-0.2, -0.15) is 0 Å². The van der Waals surface area contributed by atoms with Crippen LogP contribution in [0.2, 0.25) is 0 Å². The van der Waals surface area contributed by atoms with Crippen LogP contribution in [0.4, 0.5) is 8.78 Å². The molecule has 0 radical (unpaired) electrons. The molecule has 1 atom stereocenters. The van der Waals surface area contributed by atoms with Gasteiger partial charge >= 0.3 is 0 Å². The summed E-state index contributed by atoms with van der Waals surface area (Å²) < 4.78 is 32.2. The normalized spacial score (nSPS) is 21.9. The van der Waals surface area contributed by atoms with Crippen LogP contribution >= 0.6 is 11.3 Å². The second kappa shape index (κ2) is 5.83. The minimum absolute atomic E-state index is 0.0193. The van der Waals surface area contributed by atoms with Gasteiger partial charge in [0, 0.05) is 12.5 Å². The van der Waals surface area contributed by atoms with Crippen LogP contribution in [0.25, 0.3) is 0 Å². The smallest absolute Gasteiger partial charge is 0.265 e. The van der Waals surface area contributed by atoms with Gasteiger partial charge in [0.2, 0.25) is 0 Å². The molecule has 1 amide bonds. The standard InChI is InChI=1S/C12H16F2N2O2S/c1-18-9-3-5-19-10(9)11(17)16-6-8-2-4-15-7-12(8,13)14/h3,5,8,15H,2,4,6-7H2,1H3,(H,16,17). The molecular weight excluding hydrogens is 274 g/mol. The fraction of sp³-hybridized carbons (Fsp3) is 0.583. The molecule has 0 spiro atoms. The molecule has 1 saturated heterocycles. The zero-order valence-corrected chi connectivity index (χ0v) is 11.4. The number of hydrogen-bond donors (Lipinski definition) is 2. The first-order chi connectivity index (χ1) is 9.04. The molecule has 106 valence electrons. The molecule has 2 N–H and O–H groups in total. The number of methoxy groups -OCH3 is 1. The van der Waals surface area contributed by atoms with E-state index in [4.69, 9.17) is 4.74 Å². The fourth-order valence-corrected chi connectivity index (χ4v) is 2.83. The van der Waals surface area contributed by atoms with Crippen LogP contribution in [0.15, 0.2) is 11.4 Å². The van der Waals surface area contributed by atoms with Gasteiger partial charge in [0.05, 0.1) is 13.7 Å². The predicted molar refractivity (Wildman–Crippen MR) is 69.1 cm³/mol. The lowest BCUT2D eigenvalue weighted by Gasteiger charge is -2.31. The quantitative estimate of drug-likeness (QED) is 0.888. The molecule has 1 aliphatic rings. The van der Waals surface area contributed by atoms with E-state index in [1.165, 1.54) is 18.4 Å². The van der Waals surface area contributed by atoms with Crippen molar-refractivity contribution in [3.63, 3.8) is 0 Å². The Kier molecular flexibility index (Phi) is 4.36. The van der Waals surface area contributed by atoms with Crippen LogP contribution in [0.1, 0.15) is 16.1 Å². The number of carbonyl (C=O) groups excluding carboxylic acids is 1. The summed E-state index contributed by atoms with van der Waals surface area (Å²) in [6.45, 7) is 0.211. The van der Waals surface area contributed by atoms with Crippen LogP contribution in [-0.4, -0.2) is 38.6 Å². The molecule has 0 saturated carbocycles. The third kappa shape index (κ3) is 3.22. The van der Waals surface area contributed by atoms with Crippen molar-refractivity contribution in [1.82, 2.24) is 10.6 Å². The number of carbonyl (C=O) groups is 1. The summed E-state index contributed by atoms with van der Waals surface area (Å²) in [5, 5.41) is 6.96. The van der Waals surface area contributed by atoms with Gasteiger partial charge < -0.3 is 15.4 Å². The number of alkyl halides is 2. The summed E-state index contributed by atoms with van der Waals surface area (Å²) in [5.74, 6) is -3.48. The van der Waals surface area contributed by atoms with Crippen molar-refractivity contribution in [3.8, 4) is 5.75 Å². The topological polar surface area (TPSA) is 50.4 Å². The van der Waals surface area contributed by atoms with Gasteiger partial charge in [0.15, 0.2) is 0 Å². The van der Waals surface area contributed by atoms with E-state index in [2.05, 4.69) is 10.6 Å². The largest absolute Gasteiger partial charge is 0.495 e. The third-order valence-electron chi connectivity index (χ3n) is 3.19. The zero-order valence-electron chi connectivity index (χ0n) is 10.5. The lowest BCUT2D eigenvalue weighted by molar-refractivity contribution is -0.0712. The first kappa shape index (κ1) is 14.2. The van der Waals surface area contributed by atoms with Gasteiger partial charge in [0.25, 0.3) is 11.8 Å². The van der Waals surface area contributed by atoms with E-state index in [-0.39, 0.29) is 19.0 Å². The van der Waals surface area contributed by atoms with Crippen LogP contribution < -0.4 is 15.4 Å². The maximum absolute atomic E-state index is 13.6. The minimum Gasteiger partial charge on any atom is -0.495 e. The lowest BCUT2D eigenvalue weighted by Crippen LogP contribution is -2.50. The van der Waals surface area contributed by atoms with Crippen LogP contribution in [-0.2, 0) is 0 Å². The molecular formula is C12H16F2N2O2S. The number of nitrogens with one attached hydrogen (secondary N) is 2. The maximum Gasteiger partial charge on any atom is 0.265 e. The van der Waals surface area contributed by atoms with Gasteiger partial charge in [0.1, 0.15) is 10.6 Å². The van der Waals surface area contributed by atoms with E-state index in [1.54, 1.807) is 11.4 Å². The number of thiophene rings is 1. The molecule has 4 nitrogen and oxygen atoms in total. The van der Waals surface area contributed by atoms with Gasteiger partial charge in [-0.05, 0) is 24.4 Å². The van der Waals surface area contributed by atoms with E-state index in [9.17, 15) is 13.6 Å². The summed E-state index contributed by atoms with van der Waals surface area (Å²) in [5.41, 5.74) is 0. The first-order valence-electron chi connectivity index (χ1n) is 6.03. The predicted octanol–water partition coefficient (Wildman–Crippen LogP) is 1.73. The van der Waals surface area contributed by atoms with E-state index < -0.39 is 11.8 Å². The molecule has 0 aromatic carbocycles. The SMILES string of the molecule is COc1ccsc1C(=O)NCC1CCNCC1(F)F. The van der Waals surface area contributed by atoms with E-state index in [1.807, 2.05) is 0 Å². The van der Waals surface area contributed by atoms with Crippen molar-refractivity contribution in [1.29, 1.82) is 0 Å². The number of ether oxygens (including phenoxy) is 1. The Morgan fingerprint density at radius 3 is 3.16 bits per heavy atom. The summed E-state index contributed by atoms with van der Waals surface area (Å²) >= 11 is 1.23. The molecule has 7 heteroatoms. The number of piperidine rings is 1. The molecule has 2 heterocycles. The summed E-state index contributed by atoms with van der Waals surface area (Å²) in [6, 6.07) is 1.68. The van der Waals surface area contributed by atoms with Gasteiger partial charge in [-0.25, -0.2) is 8.78 Å². The molecule has 1 aliphatic heterocycles.